The molecule has 0 amide bonds. The number of hydrogen-bond acceptors (Lipinski definition) is 6. The van der Waals surface area contributed by atoms with Gasteiger partial charge in [0.1, 0.15) is 13.2 Å². The van der Waals surface area contributed by atoms with Gasteiger partial charge in [0.25, 0.3) is 0 Å². The fraction of sp³-hybridized carbons (Fsp3) is 0.824. The van der Waals surface area contributed by atoms with Crippen molar-refractivity contribution in [3.63, 3.8) is 0 Å². The first kappa shape index (κ1) is 54.6. The molecule has 0 aliphatic rings. The average molecular weight is 801 g/mol. The summed E-state index contributed by atoms with van der Waals surface area (Å²) in [7, 11) is 0. The second kappa shape index (κ2) is 46.3. The third-order valence-corrected chi connectivity index (χ3v) is 10.7. The van der Waals surface area contributed by atoms with Crippen molar-refractivity contribution < 1.29 is 28.6 Å². The molecule has 6 nitrogen and oxygen atoms in total. The van der Waals surface area contributed by atoms with Crippen LogP contribution in [0.1, 0.15) is 252 Å². The van der Waals surface area contributed by atoms with Gasteiger partial charge in [-0.3, -0.25) is 14.4 Å². The number of carbonyl (C=O) groups is 3. The maximum atomic E-state index is 12.7. The van der Waals surface area contributed by atoms with Crippen LogP contribution in [0.25, 0.3) is 0 Å². The topological polar surface area (TPSA) is 78.9 Å². The fourth-order valence-electron chi connectivity index (χ4n) is 6.99. The third kappa shape index (κ3) is 44.6. The predicted octanol–water partition coefficient (Wildman–Crippen LogP) is 15.8. The van der Waals surface area contributed by atoms with Gasteiger partial charge < -0.3 is 14.2 Å². The molecule has 0 radical (unpaired) electrons. The Bertz CT molecular complexity index is 969. The lowest BCUT2D eigenvalue weighted by Crippen LogP contribution is -2.30. The predicted molar refractivity (Wildman–Crippen MR) is 242 cm³/mol. The van der Waals surface area contributed by atoms with Crippen LogP contribution in [0, 0.1) is 0 Å². The van der Waals surface area contributed by atoms with Crippen LogP contribution in [0.2, 0.25) is 0 Å². The summed E-state index contributed by atoms with van der Waals surface area (Å²) in [6, 6.07) is 0. The Hall–Kier alpha value is -2.37. The number of unbranched alkanes of at least 4 members (excludes halogenated alkanes) is 27. The molecule has 0 heterocycles. The van der Waals surface area contributed by atoms with E-state index in [-0.39, 0.29) is 31.1 Å². The zero-order chi connectivity index (χ0) is 41.5. The van der Waals surface area contributed by atoms with Gasteiger partial charge in [-0.1, -0.05) is 218 Å². The molecule has 0 aromatic rings. The lowest BCUT2D eigenvalue weighted by molar-refractivity contribution is -0.167. The Morgan fingerprint density at radius 3 is 1.07 bits per heavy atom. The number of allylic oxidation sites excluding steroid dienone is 6. The van der Waals surface area contributed by atoms with E-state index in [1.807, 2.05) is 0 Å². The van der Waals surface area contributed by atoms with Gasteiger partial charge in [0.05, 0.1) is 0 Å². The summed E-state index contributed by atoms with van der Waals surface area (Å²) in [5.74, 6) is -0.889. The Morgan fingerprint density at radius 1 is 0.368 bits per heavy atom. The maximum Gasteiger partial charge on any atom is 0.306 e. The zero-order valence-electron chi connectivity index (χ0n) is 37.9. The molecular formula is C51H92O6. The van der Waals surface area contributed by atoms with Crippen LogP contribution in [0.15, 0.2) is 36.5 Å². The van der Waals surface area contributed by atoms with E-state index in [9.17, 15) is 14.4 Å². The second-order valence-electron chi connectivity index (χ2n) is 16.4. The summed E-state index contributed by atoms with van der Waals surface area (Å²) in [4.78, 5) is 37.6. The lowest BCUT2D eigenvalue weighted by atomic mass is 10.0. The van der Waals surface area contributed by atoms with Gasteiger partial charge in [0.2, 0.25) is 0 Å². The molecule has 0 spiro atoms. The molecule has 0 rings (SSSR count). The highest BCUT2D eigenvalue weighted by Crippen LogP contribution is 2.16. The lowest BCUT2D eigenvalue weighted by Gasteiger charge is -2.18. The van der Waals surface area contributed by atoms with E-state index >= 15 is 0 Å². The summed E-state index contributed by atoms with van der Waals surface area (Å²) in [5, 5.41) is 0. The molecule has 0 aromatic carbocycles. The molecule has 0 aliphatic heterocycles. The third-order valence-electron chi connectivity index (χ3n) is 10.7. The Balaban J connectivity index is 4.17. The normalized spacial score (nSPS) is 12.3. The van der Waals surface area contributed by atoms with E-state index in [1.165, 1.54) is 122 Å². The van der Waals surface area contributed by atoms with Gasteiger partial charge in [-0.2, -0.15) is 0 Å². The second-order valence-corrected chi connectivity index (χ2v) is 16.4. The van der Waals surface area contributed by atoms with Gasteiger partial charge in [-0.25, -0.2) is 0 Å². The van der Waals surface area contributed by atoms with Crippen LogP contribution >= 0.6 is 0 Å². The fourth-order valence-corrected chi connectivity index (χ4v) is 6.99. The van der Waals surface area contributed by atoms with E-state index in [0.717, 1.165) is 89.9 Å². The Kier molecular flexibility index (Phi) is 44.4. The first-order valence-corrected chi connectivity index (χ1v) is 24.5. The summed E-state index contributed by atoms with van der Waals surface area (Å²) >= 11 is 0. The van der Waals surface area contributed by atoms with Crippen molar-refractivity contribution in [3.8, 4) is 0 Å². The van der Waals surface area contributed by atoms with Gasteiger partial charge in [-0.05, 0) is 51.4 Å². The molecule has 1 unspecified atom stereocenters. The van der Waals surface area contributed by atoms with Crippen LogP contribution in [-0.4, -0.2) is 37.2 Å². The summed E-state index contributed by atoms with van der Waals surface area (Å²) in [5.41, 5.74) is 0. The molecule has 57 heavy (non-hydrogen) atoms. The highest BCUT2D eigenvalue weighted by Gasteiger charge is 2.19. The van der Waals surface area contributed by atoms with Crippen molar-refractivity contribution in [2.45, 2.75) is 258 Å². The van der Waals surface area contributed by atoms with Crippen molar-refractivity contribution in [1.82, 2.24) is 0 Å². The minimum Gasteiger partial charge on any atom is -0.462 e. The van der Waals surface area contributed by atoms with Crippen LogP contribution < -0.4 is 0 Å². The van der Waals surface area contributed by atoms with Crippen LogP contribution in [-0.2, 0) is 28.6 Å². The number of carbonyl (C=O) groups excluding carboxylic acids is 3. The van der Waals surface area contributed by atoms with E-state index in [0.29, 0.717) is 19.3 Å². The largest absolute Gasteiger partial charge is 0.462 e. The van der Waals surface area contributed by atoms with Crippen LogP contribution in [0.4, 0.5) is 0 Å². The zero-order valence-corrected chi connectivity index (χ0v) is 37.9. The quantitative estimate of drug-likeness (QED) is 0.0264. The molecule has 0 saturated carbocycles. The van der Waals surface area contributed by atoms with Crippen molar-refractivity contribution in [3.05, 3.63) is 36.5 Å². The SMILES string of the molecule is CC/C=C\C/C=C\C/C=C\CCCCCCCCCC(=O)OCC(COC(=O)CCCCCCC)OC(=O)CCCCCCCCCCCCCCCCCCC. The molecule has 0 aromatic heterocycles. The van der Waals surface area contributed by atoms with E-state index in [1.54, 1.807) is 0 Å². The number of esters is 3. The minimum atomic E-state index is -0.768. The van der Waals surface area contributed by atoms with Crippen molar-refractivity contribution >= 4 is 17.9 Å². The smallest absolute Gasteiger partial charge is 0.306 e. The average Bonchev–Trinajstić information content (AvgIpc) is 3.21. The van der Waals surface area contributed by atoms with Gasteiger partial charge in [0.15, 0.2) is 6.10 Å². The maximum absolute atomic E-state index is 12.7. The molecule has 0 saturated heterocycles. The monoisotopic (exact) mass is 801 g/mol. The highest BCUT2D eigenvalue weighted by atomic mass is 16.6. The molecule has 6 heteroatoms. The Morgan fingerprint density at radius 2 is 0.684 bits per heavy atom. The van der Waals surface area contributed by atoms with Crippen molar-refractivity contribution in [2.24, 2.45) is 0 Å². The van der Waals surface area contributed by atoms with Gasteiger partial charge >= 0.3 is 17.9 Å². The molecule has 0 N–H and O–H groups in total. The Labute approximate surface area is 353 Å². The molecule has 0 bridgehead atoms. The highest BCUT2D eigenvalue weighted by molar-refractivity contribution is 5.71. The number of ether oxygens (including phenoxy) is 3. The molecule has 1 atom stereocenters. The van der Waals surface area contributed by atoms with Gasteiger partial charge in [0, 0.05) is 19.3 Å². The van der Waals surface area contributed by atoms with Crippen LogP contribution in [0.3, 0.4) is 0 Å². The number of rotatable bonds is 44. The number of hydrogen-bond donors (Lipinski definition) is 0. The standard InChI is InChI=1S/C51H92O6/c1-4-7-10-13-15-17-19-21-23-25-27-29-31-33-35-38-41-44-50(53)56-47-48(46-55-49(52)43-40-37-12-9-6-3)57-51(54)45-42-39-36-34-32-30-28-26-24-22-20-18-16-14-11-8-5-2/h7,10,15,17,21,23,48H,4-6,8-9,11-14,16,18-20,22,24-47H2,1-3H3/b10-7-,17-15-,23-21-. The van der Waals surface area contributed by atoms with E-state index in [4.69, 9.17) is 14.2 Å². The van der Waals surface area contributed by atoms with Crippen molar-refractivity contribution in [1.29, 1.82) is 0 Å². The summed E-state index contributed by atoms with van der Waals surface area (Å²) in [6.07, 6.45) is 53.0. The molecular weight excluding hydrogens is 709 g/mol. The first-order chi connectivity index (χ1) is 28.0. The minimum absolute atomic E-state index is 0.0738. The summed E-state index contributed by atoms with van der Waals surface area (Å²) < 4.78 is 16.6. The van der Waals surface area contributed by atoms with Crippen LogP contribution in [0.5, 0.6) is 0 Å². The molecule has 0 fully saturated rings. The first-order valence-electron chi connectivity index (χ1n) is 24.5. The summed E-state index contributed by atoms with van der Waals surface area (Å²) in [6.45, 7) is 6.45. The molecule has 0 aliphatic carbocycles. The van der Waals surface area contributed by atoms with Gasteiger partial charge in [-0.15, -0.1) is 0 Å². The van der Waals surface area contributed by atoms with E-state index in [2.05, 4.69) is 57.2 Å². The molecule has 332 valence electrons. The van der Waals surface area contributed by atoms with E-state index < -0.39 is 6.10 Å². The van der Waals surface area contributed by atoms with Crippen molar-refractivity contribution in [2.75, 3.05) is 13.2 Å².